The summed E-state index contributed by atoms with van der Waals surface area (Å²) < 4.78 is 35.7. The van der Waals surface area contributed by atoms with Crippen LogP contribution in [-0.2, 0) is 10.0 Å². The molecule has 0 aliphatic heterocycles. The van der Waals surface area contributed by atoms with E-state index >= 15 is 0 Å². The smallest absolute Gasteiger partial charge is 0.262 e. The third kappa shape index (κ3) is 4.02. The Morgan fingerprint density at radius 1 is 1.10 bits per heavy atom. The second kappa shape index (κ2) is 7.88. The van der Waals surface area contributed by atoms with Gasteiger partial charge in [-0.3, -0.25) is 9.52 Å². The average Bonchev–Trinajstić information content (AvgIpc) is 3.19. The normalized spacial score (nSPS) is 11.5. The van der Waals surface area contributed by atoms with E-state index in [0.29, 0.717) is 22.7 Å². The molecule has 0 unspecified atom stereocenters. The van der Waals surface area contributed by atoms with Crippen LogP contribution in [-0.4, -0.2) is 30.7 Å². The average molecular weight is 436 g/mol. The van der Waals surface area contributed by atoms with Gasteiger partial charge in [-0.25, -0.2) is 13.4 Å². The van der Waals surface area contributed by atoms with Crippen molar-refractivity contribution in [3.05, 3.63) is 78.1 Å². The van der Waals surface area contributed by atoms with E-state index in [1.807, 2.05) is 41.9 Å². The first kappa shape index (κ1) is 20.6. The number of nitrogens with zero attached hydrogens (tertiary/aromatic N) is 2. The molecule has 0 saturated carbocycles. The third-order valence-corrected chi connectivity index (χ3v) is 6.37. The maximum atomic E-state index is 12.9. The minimum absolute atomic E-state index is 0.0494. The molecule has 0 aliphatic rings. The molecule has 0 radical (unpaired) electrons. The van der Waals surface area contributed by atoms with Crippen molar-refractivity contribution >= 4 is 27.1 Å². The van der Waals surface area contributed by atoms with E-state index in [1.165, 1.54) is 38.3 Å². The fraction of sp³-hybridized carbons (Fsp3) is 0.130. The van der Waals surface area contributed by atoms with E-state index in [9.17, 15) is 13.2 Å². The van der Waals surface area contributed by atoms with E-state index in [2.05, 4.69) is 9.71 Å². The number of benzene rings is 2. The standard InChI is InChI=1S/C23H21N3O4S/c1-15-5-4-12-26-14-21(24-23(15)26)18-8-11-22(30-3)20(13-18)25-31(28,29)19-9-6-17(7-10-19)16(2)27/h4-14,25H,1-3H3. The van der Waals surface area contributed by atoms with Gasteiger partial charge in [0.2, 0.25) is 0 Å². The number of anilines is 1. The van der Waals surface area contributed by atoms with Crippen LogP contribution in [0.5, 0.6) is 5.75 Å². The number of rotatable bonds is 6. The maximum absolute atomic E-state index is 12.9. The highest BCUT2D eigenvalue weighted by Crippen LogP contribution is 2.32. The lowest BCUT2D eigenvalue weighted by molar-refractivity contribution is 0.101. The molecule has 1 N–H and O–H groups in total. The van der Waals surface area contributed by atoms with Crippen molar-refractivity contribution in [1.29, 1.82) is 0 Å². The number of ether oxygens (including phenoxy) is 1. The van der Waals surface area contributed by atoms with Gasteiger partial charge in [0.15, 0.2) is 5.78 Å². The highest BCUT2D eigenvalue weighted by atomic mass is 32.2. The molecule has 158 valence electrons. The van der Waals surface area contributed by atoms with Crippen molar-refractivity contribution < 1.29 is 17.9 Å². The number of carbonyl (C=O) groups excluding carboxylic acids is 1. The van der Waals surface area contributed by atoms with Gasteiger partial charge in [-0.2, -0.15) is 0 Å². The molecule has 7 nitrogen and oxygen atoms in total. The first-order valence-corrected chi connectivity index (χ1v) is 11.0. The first-order valence-electron chi connectivity index (χ1n) is 9.55. The van der Waals surface area contributed by atoms with Crippen LogP contribution in [0.3, 0.4) is 0 Å². The van der Waals surface area contributed by atoms with Crippen LogP contribution in [0.25, 0.3) is 16.9 Å². The second-order valence-corrected chi connectivity index (χ2v) is 8.83. The van der Waals surface area contributed by atoms with Gasteiger partial charge in [-0.1, -0.05) is 18.2 Å². The largest absolute Gasteiger partial charge is 0.495 e. The Morgan fingerprint density at radius 3 is 2.48 bits per heavy atom. The number of methoxy groups -OCH3 is 1. The Kier molecular flexibility index (Phi) is 5.24. The van der Waals surface area contributed by atoms with Gasteiger partial charge in [0.1, 0.15) is 11.4 Å². The summed E-state index contributed by atoms with van der Waals surface area (Å²) in [5.74, 6) is 0.251. The molecular weight excluding hydrogens is 414 g/mol. The number of hydrogen-bond acceptors (Lipinski definition) is 5. The highest BCUT2D eigenvalue weighted by Gasteiger charge is 2.18. The van der Waals surface area contributed by atoms with Crippen molar-refractivity contribution in [2.75, 3.05) is 11.8 Å². The number of aromatic nitrogens is 2. The second-order valence-electron chi connectivity index (χ2n) is 7.15. The van der Waals surface area contributed by atoms with E-state index < -0.39 is 10.0 Å². The summed E-state index contributed by atoms with van der Waals surface area (Å²) in [4.78, 5) is 16.2. The Hall–Kier alpha value is -3.65. The number of fused-ring (bicyclic) bond motifs is 1. The fourth-order valence-corrected chi connectivity index (χ4v) is 4.37. The zero-order valence-corrected chi connectivity index (χ0v) is 18.1. The summed E-state index contributed by atoms with van der Waals surface area (Å²) in [6.07, 6.45) is 3.81. The maximum Gasteiger partial charge on any atom is 0.262 e. The molecule has 0 spiro atoms. The number of imidazole rings is 1. The highest BCUT2D eigenvalue weighted by molar-refractivity contribution is 7.92. The zero-order chi connectivity index (χ0) is 22.2. The number of aryl methyl sites for hydroxylation is 1. The molecule has 2 aromatic heterocycles. The number of hydrogen-bond donors (Lipinski definition) is 1. The monoisotopic (exact) mass is 435 g/mol. The molecule has 0 saturated heterocycles. The molecule has 4 aromatic rings. The minimum Gasteiger partial charge on any atom is -0.495 e. The van der Waals surface area contributed by atoms with Gasteiger partial charge in [0, 0.05) is 23.5 Å². The molecule has 0 aliphatic carbocycles. The third-order valence-electron chi connectivity index (χ3n) is 4.99. The van der Waals surface area contributed by atoms with Gasteiger partial charge < -0.3 is 9.14 Å². The zero-order valence-electron chi connectivity index (χ0n) is 17.3. The van der Waals surface area contributed by atoms with Crippen molar-refractivity contribution in [3.8, 4) is 17.0 Å². The van der Waals surface area contributed by atoms with E-state index in [-0.39, 0.29) is 10.7 Å². The van der Waals surface area contributed by atoms with Crippen LogP contribution in [0.1, 0.15) is 22.8 Å². The Bertz CT molecular complexity index is 1390. The first-order chi connectivity index (χ1) is 14.8. The number of Topliss-reactive ketones (excluding diaryl/α,β-unsaturated/α-hetero) is 1. The van der Waals surface area contributed by atoms with Crippen molar-refractivity contribution in [2.45, 2.75) is 18.7 Å². The summed E-state index contributed by atoms with van der Waals surface area (Å²) >= 11 is 0. The molecule has 2 heterocycles. The fourth-order valence-electron chi connectivity index (χ4n) is 3.31. The van der Waals surface area contributed by atoms with E-state index in [0.717, 1.165) is 16.8 Å². The molecule has 0 amide bonds. The lowest BCUT2D eigenvalue weighted by atomic mass is 10.1. The predicted octanol–water partition coefficient (Wildman–Crippen LogP) is 4.32. The lowest BCUT2D eigenvalue weighted by Gasteiger charge is -2.13. The summed E-state index contributed by atoms with van der Waals surface area (Å²) in [6.45, 7) is 3.41. The number of sulfonamides is 1. The minimum atomic E-state index is -3.89. The Labute approximate surface area is 180 Å². The number of nitrogens with one attached hydrogen (secondary N) is 1. The van der Waals surface area contributed by atoms with Crippen LogP contribution in [0.4, 0.5) is 5.69 Å². The summed E-state index contributed by atoms with van der Waals surface area (Å²) in [5.41, 5.74) is 4.07. The topological polar surface area (TPSA) is 89.8 Å². The van der Waals surface area contributed by atoms with Gasteiger partial charge in [-0.15, -0.1) is 0 Å². The summed E-state index contributed by atoms with van der Waals surface area (Å²) in [6, 6.07) is 14.9. The van der Waals surface area contributed by atoms with Crippen LogP contribution < -0.4 is 9.46 Å². The van der Waals surface area contributed by atoms with Gasteiger partial charge in [-0.05, 0) is 55.8 Å². The van der Waals surface area contributed by atoms with E-state index in [4.69, 9.17) is 4.74 Å². The lowest BCUT2D eigenvalue weighted by Crippen LogP contribution is -2.14. The predicted molar refractivity (Wildman–Crippen MR) is 119 cm³/mol. The van der Waals surface area contributed by atoms with Crippen LogP contribution in [0.15, 0.2) is 71.9 Å². The van der Waals surface area contributed by atoms with Crippen LogP contribution in [0.2, 0.25) is 0 Å². The van der Waals surface area contributed by atoms with Crippen molar-refractivity contribution in [1.82, 2.24) is 9.38 Å². The van der Waals surface area contributed by atoms with Crippen molar-refractivity contribution in [2.24, 2.45) is 0 Å². The SMILES string of the molecule is COc1ccc(-c2cn3cccc(C)c3n2)cc1NS(=O)(=O)c1ccc(C(C)=O)cc1. The van der Waals surface area contributed by atoms with Gasteiger partial charge >= 0.3 is 0 Å². The summed E-state index contributed by atoms with van der Waals surface area (Å²) in [7, 11) is -2.41. The molecule has 2 aromatic carbocycles. The Balaban J connectivity index is 1.72. The molecular formula is C23H21N3O4S. The summed E-state index contributed by atoms with van der Waals surface area (Å²) in [5, 5.41) is 0. The number of ketones is 1. The van der Waals surface area contributed by atoms with Gasteiger partial charge in [0.05, 0.1) is 23.4 Å². The Morgan fingerprint density at radius 2 is 1.84 bits per heavy atom. The number of pyridine rings is 1. The van der Waals surface area contributed by atoms with Crippen LogP contribution >= 0.6 is 0 Å². The molecule has 0 atom stereocenters. The molecule has 0 bridgehead atoms. The van der Waals surface area contributed by atoms with Crippen LogP contribution in [0, 0.1) is 6.92 Å². The molecule has 4 rings (SSSR count). The van der Waals surface area contributed by atoms with Crippen molar-refractivity contribution in [3.63, 3.8) is 0 Å². The van der Waals surface area contributed by atoms with Gasteiger partial charge in [0.25, 0.3) is 10.0 Å². The quantitative estimate of drug-likeness (QED) is 0.456. The molecule has 31 heavy (non-hydrogen) atoms. The van der Waals surface area contributed by atoms with E-state index in [1.54, 1.807) is 12.1 Å². The molecule has 0 fully saturated rings. The number of carbonyl (C=O) groups is 1. The molecule has 8 heteroatoms.